The van der Waals surface area contributed by atoms with E-state index in [-0.39, 0.29) is 11.5 Å². The molecule has 3 aromatic carbocycles. The average molecular weight is 657 g/mol. The fourth-order valence-corrected chi connectivity index (χ4v) is 5.65. The van der Waals surface area contributed by atoms with Crippen LogP contribution < -0.4 is 5.56 Å². The Kier molecular flexibility index (Phi) is 6.79. The highest BCUT2D eigenvalue weighted by atomic mass is 79.9. The van der Waals surface area contributed by atoms with E-state index in [1.807, 2.05) is 50.2 Å². The zero-order valence-corrected chi connectivity index (χ0v) is 23.8. The van der Waals surface area contributed by atoms with Gasteiger partial charge >= 0.3 is 0 Å². The van der Waals surface area contributed by atoms with Gasteiger partial charge in [-0.05, 0) is 42.0 Å². The van der Waals surface area contributed by atoms with Gasteiger partial charge in [-0.1, -0.05) is 85.9 Å². The summed E-state index contributed by atoms with van der Waals surface area (Å²) < 4.78 is 6.53. The molecule has 0 aliphatic carbocycles. The van der Waals surface area contributed by atoms with Crippen molar-refractivity contribution in [3.8, 4) is 0 Å². The Bertz CT molecular complexity index is 1670. The Labute approximate surface area is 227 Å². The van der Waals surface area contributed by atoms with Gasteiger partial charge in [0.25, 0.3) is 5.56 Å². The van der Waals surface area contributed by atoms with Gasteiger partial charge in [-0.25, -0.2) is 4.98 Å². The van der Waals surface area contributed by atoms with E-state index < -0.39 is 0 Å². The second-order valence-corrected chi connectivity index (χ2v) is 11.3. The lowest BCUT2D eigenvalue weighted by Gasteiger charge is -2.11. The van der Waals surface area contributed by atoms with Crippen LogP contribution in [0.3, 0.4) is 0 Å². The fraction of sp³-hybridized carbons (Fsp3) is 0.148. The van der Waals surface area contributed by atoms with Crippen LogP contribution in [0, 0.1) is 0 Å². The first kappa shape index (κ1) is 24.2. The van der Waals surface area contributed by atoms with Gasteiger partial charge in [-0.3, -0.25) is 4.79 Å². The molecule has 0 aliphatic rings. The van der Waals surface area contributed by atoms with E-state index in [1.165, 1.54) is 10.2 Å². The van der Waals surface area contributed by atoms with Crippen molar-refractivity contribution in [2.75, 3.05) is 0 Å². The highest BCUT2D eigenvalue weighted by Crippen LogP contribution is 2.26. The molecule has 0 N–H and O–H groups in total. The highest BCUT2D eigenvalue weighted by molar-refractivity contribution is 9.11. The van der Waals surface area contributed by atoms with Gasteiger partial charge in [-0.2, -0.15) is 9.78 Å². The number of aromatic nitrogens is 3. The van der Waals surface area contributed by atoms with Crippen LogP contribution in [0.1, 0.15) is 36.7 Å². The van der Waals surface area contributed by atoms with E-state index in [4.69, 9.17) is 4.98 Å². The van der Waals surface area contributed by atoms with Gasteiger partial charge in [0, 0.05) is 48.5 Å². The van der Waals surface area contributed by atoms with E-state index >= 15 is 0 Å². The number of benzene rings is 3. The standard InChI is InChI=1S/C27H21Br3N4O/c1-16(2)26-32-24-10-9-19(28)11-22(24)27(35)34(26)31-13-18-15-33(25-6-4-3-5-21(18)25)14-17-7-8-20(29)12-23(17)30/h3-13,15-16H,14H2,1-2H3. The maximum atomic E-state index is 13.4. The molecule has 0 atom stereocenters. The molecule has 0 saturated carbocycles. The number of nitrogens with zero attached hydrogens (tertiary/aromatic N) is 4. The maximum Gasteiger partial charge on any atom is 0.282 e. The first-order valence-corrected chi connectivity index (χ1v) is 13.5. The Morgan fingerprint density at radius 2 is 1.71 bits per heavy atom. The summed E-state index contributed by atoms with van der Waals surface area (Å²) in [5.41, 5.74) is 3.69. The molecular weight excluding hydrogens is 636 g/mol. The molecular formula is C27H21Br3N4O. The lowest BCUT2D eigenvalue weighted by molar-refractivity contribution is 0.665. The van der Waals surface area contributed by atoms with Gasteiger partial charge in [0.2, 0.25) is 0 Å². The molecule has 0 spiro atoms. The van der Waals surface area contributed by atoms with E-state index in [2.05, 4.69) is 81.9 Å². The maximum absolute atomic E-state index is 13.4. The van der Waals surface area contributed by atoms with E-state index in [9.17, 15) is 4.79 Å². The second kappa shape index (κ2) is 9.84. The number of rotatable bonds is 5. The van der Waals surface area contributed by atoms with Crippen molar-refractivity contribution >= 4 is 75.8 Å². The highest BCUT2D eigenvalue weighted by Gasteiger charge is 2.15. The Morgan fingerprint density at radius 1 is 0.971 bits per heavy atom. The van der Waals surface area contributed by atoms with Crippen LogP contribution in [-0.4, -0.2) is 20.4 Å². The van der Waals surface area contributed by atoms with Crippen molar-refractivity contribution < 1.29 is 0 Å². The third-order valence-electron chi connectivity index (χ3n) is 5.84. The Morgan fingerprint density at radius 3 is 2.49 bits per heavy atom. The molecule has 5 aromatic rings. The molecule has 0 bridgehead atoms. The average Bonchev–Trinajstić information content (AvgIpc) is 3.18. The van der Waals surface area contributed by atoms with Crippen LogP contribution in [0.2, 0.25) is 0 Å². The lowest BCUT2D eigenvalue weighted by atomic mass is 10.2. The van der Waals surface area contributed by atoms with Crippen molar-refractivity contribution in [3.05, 3.63) is 108 Å². The zero-order chi connectivity index (χ0) is 24.7. The summed E-state index contributed by atoms with van der Waals surface area (Å²) in [5.74, 6) is 0.660. The van der Waals surface area contributed by atoms with Crippen LogP contribution in [0.25, 0.3) is 21.8 Å². The van der Waals surface area contributed by atoms with Gasteiger partial charge in [0.15, 0.2) is 0 Å². The van der Waals surface area contributed by atoms with Crippen molar-refractivity contribution in [1.82, 2.24) is 14.2 Å². The molecule has 0 unspecified atom stereocenters. The number of halogens is 3. The molecule has 0 fully saturated rings. The second-order valence-electron chi connectivity index (χ2n) is 8.61. The summed E-state index contributed by atoms with van der Waals surface area (Å²) in [6, 6.07) is 20.0. The number of hydrogen-bond donors (Lipinski definition) is 0. The third kappa shape index (κ3) is 4.79. The SMILES string of the molecule is CC(C)c1nc2ccc(Br)cc2c(=O)n1N=Cc1cn(Cc2ccc(Br)cc2Br)c2ccccc12. The van der Waals surface area contributed by atoms with Crippen LogP contribution >= 0.6 is 47.8 Å². The van der Waals surface area contributed by atoms with Gasteiger partial charge < -0.3 is 4.57 Å². The molecule has 0 amide bonds. The van der Waals surface area contributed by atoms with Gasteiger partial charge in [0.05, 0.1) is 17.1 Å². The molecule has 35 heavy (non-hydrogen) atoms. The van der Waals surface area contributed by atoms with Crippen LogP contribution in [-0.2, 0) is 6.54 Å². The first-order chi connectivity index (χ1) is 16.8. The van der Waals surface area contributed by atoms with Crippen molar-refractivity contribution in [2.45, 2.75) is 26.3 Å². The predicted molar refractivity (Wildman–Crippen MR) is 154 cm³/mol. The summed E-state index contributed by atoms with van der Waals surface area (Å²) in [6.45, 7) is 4.73. The molecule has 8 heteroatoms. The van der Waals surface area contributed by atoms with E-state index in [0.717, 1.165) is 29.9 Å². The largest absolute Gasteiger partial charge is 0.342 e. The topological polar surface area (TPSA) is 52.2 Å². The number of fused-ring (bicyclic) bond motifs is 2. The minimum atomic E-state index is -0.182. The van der Waals surface area contributed by atoms with Gasteiger partial charge in [-0.15, -0.1) is 0 Å². The molecule has 2 heterocycles. The minimum absolute atomic E-state index is 0.0315. The molecule has 2 aromatic heterocycles. The molecule has 0 radical (unpaired) electrons. The summed E-state index contributed by atoms with van der Waals surface area (Å²) in [4.78, 5) is 18.1. The molecule has 0 saturated heterocycles. The Balaban J connectivity index is 1.62. The zero-order valence-electron chi connectivity index (χ0n) is 19.0. The normalized spacial score (nSPS) is 11.9. The third-order valence-corrected chi connectivity index (χ3v) is 7.56. The summed E-state index contributed by atoms with van der Waals surface area (Å²) in [6.07, 6.45) is 3.84. The van der Waals surface area contributed by atoms with Crippen LogP contribution in [0.15, 0.2) is 90.2 Å². The smallest absolute Gasteiger partial charge is 0.282 e. The number of hydrogen-bond acceptors (Lipinski definition) is 3. The Hall–Kier alpha value is -2.55. The van der Waals surface area contributed by atoms with Crippen molar-refractivity contribution in [3.63, 3.8) is 0 Å². The summed E-state index contributed by atoms with van der Waals surface area (Å²) in [5, 5.41) is 6.25. The molecule has 5 rings (SSSR count). The minimum Gasteiger partial charge on any atom is -0.342 e. The predicted octanol–water partition coefficient (Wildman–Crippen LogP) is 7.69. The quantitative estimate of drug-likeness (QED) is 0.182. The van der Waals surface area contributed by atoms with Crippen molar-refractivity contribution in [1.29, 1.82) is 0 Å². The lowest BCUT2D eigenvalue weighted by Crippen LogP contribution is -2.23. The fourth-order valence-electron chi connectivity index (χ4n) is 4.11. The molecule has 176 valence electrons. The first-order valence-electron chi connectivity index (χ1n) is 11.1. The summed E-state index contributed by atoms with van der Waals surface area (Å²) >= 11 is 10.6. The van der Waals surface area contributed by atoms with Crippen molar-refractivity contribution in [2.24, 2.45) is 5.10 Å². The molecule has 5 nitrogen and oxygen atoms in total. The van der Waals surface area contributed by atoms with Gasteiger partial charge in [0.1, 0.15) is 5.82 Å². The summed E-state index contributed by atoms with van der Waals surface area (Å²) in [7, 11) is 0. The molecule has 0 aliphatic heterocycles. The van der Waals surface area contributed by atoms with Crippen LogP contribution in [0.5, 0.6) is 0 Å². The number of para-hydroxylation sites is 1. The van der Waals surface area contributed by atoms with E-state index in [1.54, 1.807) is 12.3 Å². The van der Waals surface area contributed by atoms with Crippen LogP contribution in [0.4, 0.5) is 0 Å². The monoisotopic (exact) mass is 654 g/mol. The van der Waals surface area contributed by atoms with E-state index in [0.29, 0.717) is 23.3 Å².